The first-order valence-corrected chi connectivity index (χ1v) is 5.34. The molecule has 5 heteroatoms. The van der Waals surface area contributed by atoms with Crippen LogP contribution in [0.2, 0.25) is 0 Å². The van der Waals surface area contributed by atoms with Crippen LogP contribution in [0.3, 0.4) is 0 Å². The number of rotatable bonds is 1. The maximum Gasteiger partial charge on any atom is 0.340 e. The molecule has 0 fully saturated rings. The standard InChI is InChI=1S/C12H15N3O2/c1-12(2,3)17-11(16)8-5-4-6-15-9(8)7-10(13)14-15/h4-7H,1-3H3,(H2,13,14). The largest absolute Gasteiger partial charge is 0.456 e. The molecule has 0 aliphatic heterocycles. The number of carbonyl (C=O) groups is 1. The smallest absolute Gasteiger partial charge is 0.340 e. The predicted molar refractivity (Wildman–Crippen MR) is 64.8 cm³/mol. The van der Waals surface area contributed by atoms with E-state index in [1.54, 1.807) is 28.9 Å². The van der Waals surface area contributed by atoms with Crippen LogP contribution in [0.15, 0.2) is 24.4 Å². The quantitative estimate of drug-likeness (QED) is 0.763. The molecule has 2 heterocycles. The van der Waals surface area contributed by atoms with Crippen LogP contribution in [-0.2, 0) is 4.74 Å². The van der Waals surface area contributed by atoms with Gasteiger partial charge in [-0.25, -0.2) is 9.31 Å². The Morgan fingerprint density at radius 2 is 2.18 bits per heavy atom. The molecule has 0 aromatic carbocycles. The van der Waals surface area contributed by atoms with Crippen molar-refractivity contribution in [1.82, 2.24) is 9.61 Å². The highest BCUT2D eigenvalue weighted by Gasteiger charge is 2.20. The van der Waals surface area contributed by atoms with Gasteiger partial charge in [0.25, 0.3) is 0 Å². The van der Waals surface area contributed by atoms with E-state index in [1.165, 1.54) is 0 Å². The van der Waals surface area contributed by atoms with Gasteiger partial charge in [0, 0.05) is 12.3 Å². The number of nitrogens with zero attached hydrogens (tertiary/aromatic N) is 2. The highest BCUT2D eigenvalue weighted by atomic mass is 16.6. The van der Waals surface area contributed by atoms with Gasteiger partial charge in [0.15, 0.2) is 0 Å². The molecule has 0 atom stereocenters. The third-order valence-corrected chi connectivity index (χ3v) is 2.14. The highest BCUT2D eigenvalue weighted by molar-refractivity contribution is 5.97. The Balaban J connectivity index is 2.45. The lowest BCUT2D eigenvalue weighted by atomic mass is 10.1. The average molecular weight is 233 g/mol. The number of nitrogens with two attached hydrogens (primary N) is 1. The lowest BCUT2D eigenvalue weighted by Crippen LogP contribution is -2.24. The lowest BCUT2D eigenvalue weighted by molar-refractivity contribution is 0.00714. The molecular weight excluding hydrogens is 218 g/mol. The summed E-state index contributed by atoms with van der Waals surface area (Å²) in [6.45, 7) is 5.49. The number of hydrogen-bond donors (Lipinski definition) is 1. The number of esters is 1. The van der Waals surface area contributed by atoms with E-state index in [0.717, 1.165) is 0 Å². The zero-order valence-electron chi connectivity index (χ0n) is 10.1. The minimum Gasteiger partial charge on any atom is -0.456 e. The zero-order valence-corrected chi connectivity index (χ0v) is 10.1. The number of pyridine rings is 1. The predicted octanol–water partition coefficient (Wildman–Crippen LogP) is 1.87. The molecule has 0 saturated heterocycles. The van der Waals surface area contributed by atoms with Crippen molar-refractivity contribution in [1.29, 1.82) is 0 Å². The maximum atomic E-state index is 12.0. The molecule has 0 radical (unpaired) electrons. The van der Waals surface area contributed by atoms with E-state index in [0.29, 0.717) is 16.9 Å². The minimum atomic E-state index is -0.518. The van der Waals surface area contributed by atoms with Gasteiger partial charge in [-0.1, -0.05) is 0 Å². The molecular formula is C12H15N3O2. The Kier molecular flexibility index (Phi) is 2.53. The first kappa shape index (κ1) is 11.4. The summed E-state index contributed by atoms with van der Waals surface area (Å²) < 4.78 is 6.88. The van der Waals surface area contributed by atoms with E-state index in [9.17, 15) is 4.79 Å². The second-order valence-electron chi connectivity index (χ2n) is 4.82. The zero-order chi connectivity index (χ0) is 12.6. The van der Waals surface area contributed by atoms with Crippen molar-refractivity contribution < 1.29 is 9.53 Å². The van der Waals surface area contributed by atoms with Gasteiger partial charge in [0.05, 0.1) is 11.1 Å². The second kappa shape index (κ2) is 3.76. The van der Waals surface area contributed by atoms with Gasteiger partial charge in [-0.3, -0.25) is 0 Å². The van der Waals surface area contributed by atoms with Crippen LogP contribution in [0.1, 0.15) is 31.1 Å². The summed E-state index contributed by atoms with van der Waals surface area (Å²) in [5.74, 6) is 0.00371. The van der Waals surface area contributed by atoms with Crippen LogP contribution >= 0.6 is 0 Å². The van der Waals surface area contributed by atoms with Gasteiger partial charge in [0.1, 0.15) is 11.4 Å². The van der Waals surface area contributed by atoms with Crippen molar-refractivity contribution in [3.05, 3.63) is 30.0 Å². The Morgan fingerprint density at radius 1 is 1.47 bits per heavy atom. The molecule has 90 valence electrons. The number of aromatic nitrogens is 2. The van der Waals surface area contributed by atoms with E-state index in [2.05, 4.69) is 5.10 Å². The lowest BCUT2D eigenvalue weighted by Gasteiger charge is -2.19. The molecule has 17 heavy (non-hydrogen) atoms. The normalized spacial score (nSPS) is 11.7. The molecule has 0 spiro atoms. The third-order valence-electron chi connectivity index (χ3n) is 2.14. The van der Waals surface area contributed by atoms with Crippen molar-refractivity contribution in [2.24, 2.45) is 0 Å². The number of nitrogen functional groups attached to an aromatic ring is 1. The van der Waals surface area contributed by atoms with Crippen molar-refractivity contribution in [3.63, 3.8) is 0 Å². The maximum absolute atomic E-state index is 12.0. The number of anilines is 1. The molecule has 0 aliphatic carbocycles. The third kappa shape index (κ3) is 2.38. The number of hydrogen-bond acceptors (Lipinski definition) is 4. The van der Waals surface area contributed by atoms with Gasteiger partial charge in [0.2, 0.25) is 0 Å². The monoisotopic (exact) mass is 233 g/mol. The Labute approximate surface area is 99.2 Å². The fourth-order valence-electron chi connectivity index (χ4n) is 1.54. The van der Waals surface area contributed by atoms with Crippen LogP contribution in [0, 0.1) is 0 Å². The summed E-state index contributed by atoms with van der Waals surface area (Å²) in [5.41, 5.74) is 6.20. The van der Waals surface area contributed by atoms with Gasteiger partial charge < -0.3 is 10.5 Å². The molecule has 0 unspecified atom stereocenters. The Hall–Kier alpha value is -2.04. The highest BCUT2D eigenvalue weighted by Crippen LogP contribution is 2.17. The molecule has 2 aromatic heterocycles. The second-order valence-corrected chi connectivity index (χ2v) is 4.82. The van der Waals surface area contributed by atoms with Crippen molar-refractivity contribution in [2.45, 2.75) is 26.4 Å². The summed E-state index contributed by atoms with van der Waals surface area (Å²) in [5, 5.41) is 4.04. The van der Waals surface area contributed by atoms with Gasteiger partial charge >= 0.3 is 5.97 Å². The van der Waals surface area contributed by atoms with Crippen molar-refractivity contribution >= 4 is 17.3 Å². The van der Waals surface area contributed by atoms with E-state index >= 15 is 0 Å². The Bertz CT molecular complexity index is 567. The molecule has 2 rings (SSSR count). The summed E-state index contributed by atoms with van der Waals surface area (Å²) in [4.78, 5) is 12.0. The van der Waals surface area contributed by atoms with Crippen LogP contribution in [0.25, 0.3) is 5.52 Å². The fraction of sp³-hybridized carbons (Fsp3) is 0.333. The van der Waals surface area contributed by atoms with E-state index in [-0.39, 0.29) is 5.97 Å². The minimum absolute atomic E-state index is 0.372. The van der Waals surface area contributed by atoms with E-state index in [4.69, 9.17) is 10.5 Å². The molecule has 0 aliphatic rings. The summed E-state index contributed by atoms with van der Waals surface area (Å²) in [7, 11) is 0. The van der Waals surface area contributed by atoms with Gasteiger partial charge in [-0.05, 0) is 32.9 Å². The summed E-state index contributed by atoms with van der Waals surface area (Å²) in [6, 6.07) is 5.09. The number of ether oxygens (including phenoxy) is 1. The summed E-state index contributed by atoms with van der Waals surface area (Å²) in [6.07, 6.45) is 1.74. The summed E-state index contributed by atoms with van der Waals surface area (Å²) >= 11 is 0. The van der Waals surface area contributed by atoms with Crippen LogP contribution in [0.5, 0.6) is 0 Å². The first-order valence-electron chi connectivity index (χ1n) is 5.34. The average Bonchev–Trinajstić information content (AvgIpc) is 2.54. The van der Waals surface area contributed by atoms with E-state index in [1.807, 2.05) is 20.8 Å². The van der Waals surface area contributed by atoms with Gasteiger partial charge in [-0.2, -0.15) is 5.10 Å². The Morgan fingerprint density at radius 3 is 2.82 bits per heavy atom. The molecule has 0 bridgehead atoms. The molecule has 0 amide bonds. The molecule has 0 saturated carbocycles. The van der Waals surface area contributed by atoms with Crippen LogP contribution < -0.4 is 5.73 Å². The fourth-order valence-corrected chi connectivity index (χ4v) is 1.54. The SMILES string of the molecule is CC(C)(C)OC(=O)c1cccn2nc(N)cc12. The molecule has 2 N–H and O–H groups in total. The number of carbonyl (C=O) groups excluding carboxylic acids is 1. The van der Waals surface area contributed by atoms with E-state index < -0.39 is 5.60 Å². The van der Waals surface area contributed by atoms with Crippen molar-refractivity contribution in [3.8, 4) is 0 Å². The first-order chi connectivity index (χ1) is 7.87. The topological polar surface area (TPSA) is 69.6 Å². The molecule has 2 aromatic rings. The molecule has 5 nitrogen and oxygen atoms in total. The van der Waals surface area contributed by atoms with Crippen LogP contribution in [-0.4, -0.2) is 21.2 Å². The van der Waals surface area contributed by atoms with Crippen LogP contribution in [0.4, 0.5) is 5.82 Å². The van der Waals surface area contributed by atoms with Gasteiger partial charge in [-0.15, -0.1) is 0 Å². The number of fused-ring (bicyclic) bond motifs is 1. The van der Waals surface area contributed by atoms with Crippen molar-refractivity contribution in [2.75, 3.05) is 5.73 Å².